The van der Waals surface area contributed by atoms with Gasteiger partial charge in [-0.25, -0.2) is 4.98 Å². The van der Waals surface area contributed by atoms with Crippen LogP contribution in [0.4, 0.5) is 0 Å². The molecule has 0 radical (unpaired) electrons. The van der Waals surface area contributed by atoms with Gasteiger partial charge in [0.2, 0.25) is 0 Å². The van der Waals surface area contributed by atoms with Crippen molar-refractivity contribution in [3.8, 4) is 0 Å². The summed E-state index contributed by atoms with van der Waals surface area (Å²) in [5, 5.41) is 5.43. The van der Waals surface area contributed by atoms with Gasteiger partial charge in [0.15, 0.2) is 5.11 Å². The lowest BCUT2D eigenvalue weighted by Gasteiger charge is -2.39. The molecule has 1 aromatic rings. The summed E-state index contributed by atoms with van der Waals surface area (Å²) in [5.41, 5.74) is 1.04. The van der Waals surface area contributed by atoms with Crippen molar-refractivity contribution >= 4 is 35.0 Å². The SMILES string of the molecule is CSc1ncccc1C(=O)N1CCC2(CC1)CCN(C(=S)NC1C[C@H]3C=C[C@@H]1C3)C2. The minimum atomic E-state index is 0.124. The average molecular weight is 443 g/mol. The Morgan fingerprint density at radius 2 is 1.97 bits per heavy atom. The molecule has 2 aliphatic carbocycles. The van der Waals surface area contributed by atoms with Gasteiger partial charge in [-0.1, -0.05) is 12.2 Å². The Kier molecular flexibility index (Phi) is 5.52. The number of likely N-dealkylation sites (tertiary alicyclic amines) is 2. The van der Waals surface area contributed by atoms with Crippen LogP contribution in [0, 0.1) is 17.3 Å². The van der Waals surface area contributed by atoms with Crippen molar-refractivity contribution < 1.29 is 4.79 Å². The van der Waals surface area contributed by atoms with Crippen LogP contribution in [0.2, 0.25) is 0 Å². The molecule has 30 heavy (non-hydrogen) atoms. The molecule has 3 atom stereocenters. The van der Waals surface area contributed by atoms with E-state index in [0.717, 1.165) is 60.6 Å². The first-order valence-electron chi connectivity index (χ1n) is 11.1. The summed E-state index contributed by atoms with van der Waals surface area (Å²) in [6.45, 7) is 3.72. The van der Waals surface area contributed by atoms with Crippen LogP contribution in [-0.2, 0) is 0 Å². The highest BCUT2D eigenvalue weighted by molar-refractivity contribution is 7.98. The number of aromatic nitrogens is 1. The molecule has 2 bridgehead atoms. The fraction of sp³-hybridized carbons (Fsp3) is 0.609. The maximum Gasteiger partial charge on any atom is 0.256 e. The summed E-state index contributed by atoms with van der Waals surface area (Å²) in [6.07, 6.45) is 14.3. The van der Waals surface area contributed by atoms with Gasteiger partial charge in [0.05, 0.1) is 5.56 Å². The Hall–Kier alpha value is -1.60. The van der Waals surface area contributed by atoms with Crippen LogP contribution in [0.5, 0.6) is 0 Å². The number of nitrogens with zero attached hydrogens (tertiary/aromatic N) is 3. The van der Waals surface area contributed by atoms with E-state index in [1.165, 1.54) is 31.0 Å². The summed E-state index contributed by atoms with van der Waals surface area (Å²) in [4.78, 5) is 21.8. The predicted molar refractivity (Wildman–Crippen MR) is 125 cm³/mol. The van der Waals surface area contributed by atoms with Crippen LogP contribution in [0.1, 0.15) is 42.5 Å². The Morgan fingerprint density at radius 3 is 2.63 bits per heavy atom. The van der Waals surface area contributed by atoms with Crippen LogP contribution in [0.25, 0.3) is 0 Å². The molecule has 5 rings (SSSR count). The van der Waals surface area contributed by atoms with E-state index in [1.807, 2.05) is 23.3 Å². The Balaban J connectivity index is 1.16. The topological polar surface area (TPSA) is 48.5 Å². The normalized spacial score (nSPS) is 29.0. The van der Waals surface area contributed by atoms with Gasteiger partial charge in [0.1, 0.15) is 5.03 Å². The van der Waals surface area contributed by atoms with Crippen molar-refractivity contribution in [1.29, 1.82) is 0 Å². The standard InChI is InChI=1S/C23H30N4OS2/c1-30-20-18(3-2-9-24-20)21(28)26-10-6-23(7-11-26)8-12-27(15-23)22(29)25-19-14-16-4-5-17(19)13-16/h2-5,9,16-17,19H,6-8,10-15H2,1H3,(H,25,29)/t16-,17+,19?/m0/s1. The van der Waals surface area contributed by atoms with Gasteiger partial charge in [-0.15, -0.1) is 11.8 Å². The zero-order valence-electron chi connectivity index (χ0n) is 17.5. The highest BCUT2D eigenvalue weighted by Gasteiger charge is 2.43. The molecule has 5 nitrogen and oxygen atoms in total. The van der Waals surface area contributed by atoms with E-state index in [9.17, 15) is 4.79 Å². The molecular formula is C23H30N4OS2. The van der Waals surface area contributed by atoms with Crippen LogP contribution in [-0.4, -0.2) is 64.3 Å². The lowest BCUT2D eigenvalue weighted by Crippen LogP contribution is -2.48. The molecule has 1 spiro atoms. The highest BCUT2D eigenvalue weighted by atomic mass is 32.2. The van der Waals surface area contributed by atoms with Gasteiger partial charge in [0.25, 0.3) is 5.91 Å². The fourth-order valence-corrected chi connectivity index (χ4v) is 6.63. The second-order valence-corrected chi connectivity index (χ2v) is 10.5. The monoisotopic (exact) mass is 442 g/mol. The molecule has 4 aliphatic rings. The molecule has 160 valence electrons. The quantitative estimate of drug-likeness (QED) is 0.439. The smallest absolute Gasteiger partial charge is 0.256 e. The molecular weight excluding hydrogens is 412 g/mol. The molecule has 1 N–H and O–H groups in total. The number of fused-ring (bicyclic) bond motifs is 2. The third kappa shape index (κ3) is 3.75. The van der Waals surface area contributed by atoms with Gasteiger partial charge in [-0.2, -0.15) is 0 Å². The fourth-order valence-electron chi connectivity index (χ4n) is 5.78. The molecule has 1 unspecified atom stereocenters. The number of carbonyl (C=O) groups excluding carboxylic acids is 1. The minimum Gasteiger partial charge on any atom is -0.359 e. The minimum absolute atomic E-state index is 0.124. The molecule has 1 saturated carbocycles. The number of carbonyl (C=O) groups is 1. The van der Waals surface area contributed by atoms with Crippen molar-refractivity contribution in [2.75, 3.05) is 32.4 Å². The summed E-state index contributed by atoms with van der Waals surface area (Å²) in [5.74, 6) is 1.55. The number of pyridine rings is 1. The predicted octanol–water partition coefficient (Wildman–Crippen LogP) is 3.57. The number of hydrogen-bond donors (Lipinski definition) is 1. The molecule has 2 aliphatic heterocycles. The average Bonchev–Trinajstić information content (AvgIpc) is 3.50. The second kappa shape index (κ2) is 8.15. The molecule has 3 fully saturated rings. The van der Waals surface area contributed by atoms with Crippen molar-refractivity contribution in [3.63, 3.8) is 0 Å². The third-order valence-electron chi connectivity index (χ3n) is 7.62. The number of thioether (sulfide) groups is 1. The van der Waals surface area contributed by atoms with Crippen molar-refractivity contribution in [1.82, 2.24) is 20.1 Å². The van der Waals surface area contributed by atoms with E-state index >= 15 is 0 Å². The van der Waals surface area contributed by atoms with Gasteiger partial charge >= 0.3 is 0 Å². The molecule has 2 saturated heterocycles. The van der Waals surface area contributed by atoms with E-state index < -0.39 is 0 Å². The molecule has 0 aromatic carbocycles. The van der Waals surface area contributed by atoms with Gasteiger partial charge < -0.3 is 15.1 Å². The van der Waals surface area contributed by atoms with E-state index in [4.69, 9.17) is 12.2 Å². The molecule has 1 amide bonds. The maximum atomic E-state index is 13.0. The highest BCUT2D eigenvalue weighted by Crippen LogP contribution is 2.42. The number of thiocarbonyl (C=S) groups is 1. The first kappa shape index (κ1) is 20.3. The molecule has 3 heterocycles. The van der Waals surface area contributed by atoms with Crippen molar-refractivity contribution in [2.24, 2.45) is 17.3 Å². The van der Waals surface area contributed by atoms with Crippen LogP contribution < -0.4 is 5.32 Å². The third-order valence-corrected chi connectivity index (χ3v) is 8.71. The summed E-state index contributed by atoms with van der Waals surface area (Å²) in [6, 6.07) is 4.28. The summed E-state index contributed by atoms with van der Waals surface area (Å²) in [7, 11) is 0. The number of nitrogens with one attached hydrogen (secondary N) is 1. The summed E-state index contributed by atoms with van der Waals surface area (Å²) < 4.78 is 0. The van der Waals surface area contributed by atoms with E-state index in [0.29, 0.717) is 17.4 Å². The van der Waals surface area contributed by atoms with Gasteiger partial charge in [-0.05, 0) is 80.0 Å². The maximum absolute atomic E-state index is 13.0. The first-order valence-corrected chi connectivity index (χ1v) is 12.7. The Bertz CT molecular complexity index is 865. The van der Waals surface area contributed by atoms with E-state index in [-0.39, 0.29) is 5.91 Å². The van der Waals surface area contributed by atoms with Crippen LogP contribution in [0.15, 0.2) is 35.5 Å². The number of amides is 1. The molecule has 1 aromatic heterocycles. The zero-order chi connectivity index (χ0) is 20.7. The molecule has 7 heteroatoms. The number of piperidine rings is 1. The lowest BCUT2D eigenvalue weighted by atomic mass is 9.77. The Morgan fingerprint density at radius 1 is 1.20 bits per heavy atom. The van der Waals surface area contributed by atoms with Crippen molar-refractivity contribution in [3.05, 3.63) is 36.0 Å². The van der Waals surface area contributed by atoms with Crippen LogP contribution in [0.3, 0.4) is 0 Å². The Labute approximate surface area is 188 Å². The number of rotatable bonds is 3. The lowest BCUT2D eigenvalue weighted by molar-refractivity contribution is 0.0594. The van der Waals surface area contributed by atoms with Gasteiger partial charge in [0, 0.05) is 38.4 Å². The van der Waals surface area contributed by atoms with E-state index in [2.05, 4.69) is 27.4 Å². The van der Waals surface area contributed by atoms with Gasteiger partial charge in [-0.3, -0.25) is 4.79 Å². The zero-order valence-corrected chi connectivity index (χ0v) is 19.2. The number of allylic oxidation sites excluding steroid dienone is 1. The largest absolute Gasteiger partial charge is 0.359 e. The van der Waals surface area contributed by atoms with Crippen molar-refractivity contribution in [2.45, 2.75) is 43.2 Å². The number of hydrogen-bond acceptors (Lipinski definition) is 4. The van der Waals surface area contributed by atoms with Crippen LogP contribution >= 0.6 is 24.0 Å². The first-order chi connectivity index (χ1) is 14.6. The summed E-state index contributed by atoms with van der Waals surface area (Å²) >= 11 is 7.33. The van der Waals surface area contributed by atoms with E-state index in [1.54, 1.807) is 6.20 Å². The second-order valence-electron chi connectivity index (χ2n) is 9.36.